The molecular weight excluding hydrogens is 491 g/mol. The van der Waals surface area contributed by atoms with Crippen LogP contribution in [0, 0.1) is 0 Å². The van der Waals surface area contributed by atoms with Crippen LogP contribution in [0.4, 0.5) is 0 Å². The first-order chi connectivity index (χ1) is 19.8. The van der Waals surface area contributed by atoms with Crippen molar-refractivity contribution < 1.29 is 14.1 Å². The molecular formula is C36H23BO3. The number of hydrogen-bond donors (Lipinski definition) is 1. The van der Waals surface area contributed by atoms with Crippen molar-refractivity contribution in [2.45, 2.75) is 0 Å². The first kappa shape index (κ1) is 22.9. The van der Waals surface area contributed by atoms with Gasteiger partial charge in [-0.05, 0) is 62.0 Å². The Morgan fingerprint density at radius 3 is 1.68 bits per heavy atom. The van der Waals surface area contributed by atoms with Crippen molar-refractivity contribution in [3.05, 3.63) is 127 Å². The van der Waals surface area contributed by atoms with Gasteiger partial charge in [0.25, 0.3) is 0 Å². The van der Waals surface area contributed by atoms with E-state index in [2.05, 4.69) is 103 Å². The summed E-state index contributed by atoms with van der Waals surface area (Å²) in [6.07, 6.45) is 0. The normalized spacial score (nSPS) is 11.6. The number of benzene rings is 7. The standard InChI is InChI=1S/C36H23BO3/c38-37-40-36-30-14-5-3-12-27(30)35(28-13-4-6-15-31(28)36)29-19-18-23(24-9-1-2-10-25(24)29)22-17-20-34-32(21-22)26-11-7-8-16-33(26)39-34/h1-21,37-38H. The lowest BCUT2D eigenvalue weighted by Crippen LogP contribution is -2.02. The third-order valence-corrected chi connectivity index (χ3v) is 7.97. The van der Waals surface area contributed by atoms with E-state index >= 15 is 0 Å². The molecule has 8 aromatic rings. The molecule has 0 fully saturated rings. The molecule has 4 heteroatoms. The molecule has 0 spiro atoms. The Kier molecular flexibility index (Phi) is 5.16. The lowest BCUT2D eigenvalue weighted by atomic mass is 9.86. The molecule has 40 heavy (non-hydrogen) atoms. The monoisotopic (exact) mass is 514 g/mol. The van der Waals surface area contributed by atoms with Crippen LogP contribution in [0.15, 0.2) is 132 Å². The van der Waals surface area contributed by atoms with Gasteiger partial charge in [0.2, 0.25) is 0 Å². The Labute approximate surface area is 231 Å². The van der Waals surface area contributed by atoms with E-state index in [0.29, 0.717) is 5.75 Å². The highest BCUT2D eigenvalue weighted by Crippen LogP contribution is 2.46. The first-order valence-corrected chi connectivity index (χ1v) is 13.4. The van der Waals surface area contributed by atoms with Crippen molar-refractivity contribution in [1.82, 2.24) is 0 Å². The number of para-hydroxylation sites is 1. The molecule has 0 aliphatic heterocycles. The van der Waals surface area contributed by atoms with Crippen molar-refractivity contribution in [2.24, 2.45) is 0 Å². The minimum Gasteiger partial charge on any atom is -0.538 e. The van der Waals surface area contributed by atoms with E-state index in [1.165, 1.54) is 16.3 Å². The minimum absolute atomic E-state index is 0.374. The summed E-state index contributed by atoms with van der Waals surface area (Å²) in [5.41, 5.74) is 6.47. The SMILES string of the molecule is OBOc1c2ccccc2c(-c2ccc(-c3ccc4oc5ccccc5c4c3)c3ccccc23)c2ccccc12. The van der Waals surface area contributed by atoms with Gasteiger partial charge in [-0.2, -0.15) is 0 Å². The average Bonchev–Trinajstić information content (AvgIpc) is 3.39. The van der Waals surface area contributed by atoms with Crippen LogP contribution in [0.25, 0.3) is 76.5 Å². The molecule has 0 saturated heterocycles. The molecule has 1 N–H and O–H groups in total. The van der Waals surface area contributed by atoms with Crippen LogP contribution >= 0.6 is 0 Å². The molecule has 1 aromatic heterocycles. The summed E-state index contributed by atoms with van der Waals surface area (Å²) >= 11 is 0. The van der Waals surface area contributed by atoms with Crippen molar-refractivity contribution in [1.29, 1.82) is 0 Å². The van der Waals surface area contributed by atoms with Gasteiger partial charge >= 0.3 is 7.69 Å². The summed E-state index contributed by atoms with van der Waals surface area (Å²) in [6.45, 7) is 0. The predicted molar refractivity (Wildman–Crippen MR) is 167 cm³/mol. The van der Waals surface area contributed by atoms with Crippen molar-refractivity contribution in [3.63, 3.8) is 0 Å². The Morgan fingerprint density at radius 1 is 0.475 bits per heavy atom. The molecule has 0 aliphatic carbocycles. The van der Waals surface area contributed by atoms with Gasteiger partial charge in [-0.25, -0.2) is 0 Å². The van der Waals surface area contributed by atoms with Crippen LogP contribution in [-0.4, -0.2) is 12.7 Å². The largest absolute Gasteiger partial charge is 0.538 e. The first-order valence-electron chi connectivity index (χ1n) is 13.4. The number of fused-ring (bicyclic) bond motifs is 6. The summed E-state index contributed by atoms with van der Waals surface area (Å²) in [5, 5.41) is 18.5. The van der Waals surface area contributed by atoms with Crippen LogP contribution in [0.2, 0.25) is 0 Å². The summed E-state index contributed by atoms with van der Waals surface area (Å²) in [6, 6.07) is 44.4. The van der Waals surface area contributed by atoms with Gasteiger partial charge in [-0.1, -0.05) is 109 Å². The maximum atomic E-state index is 9.69. The zero-order valence-corrected chi connectivity index (χ0v) is 21.6. The van der Waals surface area contributed by atoms with E-state index in [-0.39, 0.29) is 7.69 Å². The molecule has 7 aromatic carbocycles. The molecule has 0 radical (unpaired) electrons. The second-order valence-corrected chi connectivity index (χ2v) is 10.1. The molecule has 188 valence electrons. The third kappa shape index (κ3) is 3.37. The fourth-order valence-electron chi connectivity index (χ4n) is 6.26. The Balaban J connectivity index is 1.42. The topological polar surface area (TPSA) is 42.6 Å². The Morgan fingerprint density at radius 2 is 1.00 bits per heavy atom. The molecule has 0 bridgehead atoms. The van der Waals surface area contributed by atoms with Crippen LogP contribution in [0.5, 0.6) is 5.75 Å². The third-order valence-electron chi connectivity index (χ3n) is 7.97. The molecule has 3 nitrogen and oxygen atoms in total. The van der Waals surface area contributed by atoms with E-state index in [4.69, 9.17) is 9.07 Å². The maximum absolute atomic E-state index is 9.69. The predicted octanol–water partition coefficient (Wildman–Crippen LogP) is 9.02. The fraction of sp³-hybridized carbons (Fsp3) is 0. The molecule has 0 amide bonds. The highest BCUT2D eigenvalue weighted by molar-refractivity contribution is 6.24. The highest BCUT2D eigenvalue weighted by Gasteiger charge is 2.19. The number of hydrogen-bond acceptors (Lipinski definition) is 3. The molecule has 8 rings (SSSR count). The minimum atomic E-state index is -0.374. The van der Waals surface area contributed by atoms with E-state index < -0.39 is 0 Å². The van der Waals surface area contributed by atoms with Gasteiger partial charge in [0.1, 0.15) is 16.9 Å². The number of rotatable bonds is 4. The smallest absolute Gasteiger partial charge is 0.504 e. The zero-order valence-electron chi connectivity index (χ0n) is 21.6. The van der Waals surface area contributed by atoms with Gasteiger partial charge in [0, 0.05) is 21.5 Å². The Bertz CT molecular complexity index is 2190. The lowest BCUT2D eigenvalue weighted by Gasteiger charge is -2.19. The molecule has 0 saturated carbocycles. The van der Waals surface area contributed by atoms with E-state index in [1.807, 2.05) is 24.3 Å². The van der Waals surface area contributed by atoms with Gasteiger partial charge in [0.15, 0.2) is 0 Å². The molecule has 0 atom stereocenters. The summed E-state index contributed by atoms with van der Waals surface area (Å²) < 4.78 is 11.9. The molecule has 0 unspecified atom stereocenters. The second-order valence-electron chi connectivity index (χ2n) is 10.1. The molecule has 0 aliphatic rings. The quantitative estimate of drug-likeness (QED) is 0.188. The number of furan rings is 1. The van der Waals surface area contributed by atoms with Gasteiger partial charge in [-0.3, -0.25) is 0 Å². The van der Waals surface area contributed by atoms with Gasteiger partial charge in [-0.15, -0.1) is 0 Å². The Hall–Kier alpha value is -5.06. The zero-order chi connectivity index (χ0) is 26.6. The van der Waals surface area contributed by atoms with Crippen LogP contribution in [-0.2, 0) is 0 Å². The average molecular weight is 514 g/mol. The van der Waals surface area contributed by atoms with Crippen molar-refractivity contribution in [3.8, 4) is 28.0 Å². The van der Waals surface area contributed by atoms with Crippen LogP contribution < -0.4 is 4.65 Å². The van der Waals surface area contributed by atoms with E-state index in [1.54, 1.807) is 0 Å². The highest BCUT2D eigenvalue weighted by atomic mass is 16.5. The van der Waals surface area contributed by atoms with E-state index in [9.17, 15) is 5.02 Å². The van der Waals surface area contributed by atoms with Crippen molar-refractivity contribution >= 4 is 61.9 Å². The van der Waals surface area contributed by atoms with Crippen molar-refractivity contribution in [2.75, 3.05) is 0 Å². The van der Waals surface area contributed by atoms with E-state index in [0.717, 1.165) is 60.2 Å². The summed E-state index contributed by atoms with van der Waals surface area (Å²) in [4.78, 5) is 0. The summed E-state index contributed by atoms with van der Waals surface area (Å²) in [5.74, 6) is 0.707. The van der Waals surface area contributed by atoms with Gasteiger partial charge < -0.3 is 14.1 Å². The fourth-order valence-corrected chi connectivity index (χ4v) is 6.26. The van der Waals surface area contributed by atoms with Crippen LogP contribution in [0.3, 0.4) is 0 Å². The summed E-state index contributed by atoms with van der Waals surface area (Å²) in [7, 11) is -0.374. The van der Waals surface area contributed by atoms with Crippen LogP contribution in [0.1, 0.15) is 0 Å². The second kappa shape index (κ2) is 9.01. The molecule has 1 heterocycles. The van der Waals surface area contributed by atoms with Gasteiger partial charge in [0.05, 0.1) is 0 Å². The maximum Gasteiger partial charge on any atom is 0.504 e. The lowest BCUT2D eigenvalue weighted by molar-refractivity contribution is 0.459.